The van der Waals surface area contributed by atoms with E-state index in [9.17, 15) is 34.8 Å². The first-order chi connectivity index (χ1) is 17.5. The highest BCUT2D eigenvalue weighted by Gasteiger charge is 2.72. The topological polar surface area (TPSA) is 183 Å². The minimum Gasteiger partial charge on any atom is -0.481 e. The molecule has 1 spiro atoms. The van der Waals surface area contributed by atoms with Gasteiger partial charge in [-0.15, -0.1) is 0 Å². The highest BCUT2D eigenvalue weighted by atomic mass is 16.6. The first-order valence-corrected chi connectivity index (χ1v) is 12.0. The van der Waals surface area contributed by atoms with Crippen LogP contribution in [-0.2, 0) is 42.3 Å². The van der Waals surface area contributed by atoms with E-state index in [0.717, 1.165) is 18.1 Å². The number of esters is 2. The van der Waals surface area contributed by atoms with Crippen LogP contribution in [0.15, 0.2) is 24.0 Å². The second-order valence-electron chi connectivity index (χ2n) is 10.1. The molecule has 0 radical (unpaired) electrons. The van der Waals surface area contributed by atoms with E-state index in [0.29, 0.717) is 30.7 Å². The monoisotopic (exact) mass is 519 g/mol. The normalized spacial score (nSPS) is 31.8. The zero-order valence-corrected chi connectivity index (χ0v) is 20.3. The lowest BCUT2D eigenvalue weighted by Gasteiger charge is -2.61. The number of aliphatic hydroxyl groups excluding tert-OH is 3. The largest absolute Gasteiger partial charge is 0.481 e. The van der Waals surface area contributed by atoms with Gasteiger partial charge in [0.1, 0.15) is 11.5 Å². The van der Waals surface area contributed by atoms with E-state index in [2.05, 4.69) is 9.64 Å². The molecule has 2 heterocycles. The van der Waals surface area contributed by atoms with E-state index in [4.69, 9.17) is 14.6 Å². The number of ether oxygens (including phenoxy) is 3. The summed E-state index contributed by atoms with van der Waals surface area (Å²) in [5, 5.41) is 51.3. The molecular weight excluding hydrogens is 490 g/mol. The zero-order chi connectivity index (χ0) is 26.9. The maximum atomic E-state index is 12.8. The van der Waals surface area contributed by atoms with Crippen LogP contribution in [0.25, 0.3) is 0 Å². The van der Waals surface area contributed by atoms with E-state index in [1.807, 2.05) is 13.1 Å². The van der Waals surface area contributed by atoms with Gasteiger partial charge in [-0.05, 0) is 45.0 Å². The molecule has 0 amide bonds. The molecule has 1 aromatic carbocycles. The molecule has 7 atom stereocenters. The summed E-state index contributed by atoms with van der Waals surface area (Å²) in [5.74, 6) is -3.91. The number of hydrogen-bond donors (Lipinski definition) is 5. The quantitative estimate of drug-likeness (QED) is 0.270. The fourth-order valence-corrected chi connectivity index (χ4v) is 6.36. The molecule has 1 fully saturated rings. The molecule has 5 rings (SSSR count). The van der Waals surface area contributed by atoms with Gasteiger partial charge in [-0.1, -0.05) is 12.1 Å². The molecule has 1 saturated heterocycles. The van der Waals surface area contributed by atoms with Crippen molar-refractivity contribution in [1.82, 2.24) is 4.90 Å². The number of aliphatic carboxylic acids is 1. The molecule has 5 N–H and O–H groups in total. The second-order valence-corrected chi connectivity index (χ2v) is 10.1. The van der Waals surface area contributed by atoms with E-state index in [-0.39, 0.29) is 24.8 Å². The Morgan fingerprint density at radius 1 is 1.22 bits per heavy atom. The standard InChI is InChI=1S/C25H29NO11/c1-11(21(30)31)35-22(32)17(28)18(29)23(33)36-14-5-6-25(34)15-9-12-3-4-13(10-27)19-16(12)24(25,20(14)37-19)7-8-26(15)2/h3-5,11,15,17-18,20,27-29,34H,6-10H2,1-2H3,(H,30,31)/t11-,15+,17-,18-,20?,24?,25+/m0/s1. The summed E-state index contributed by atoms with van der Waals surface area (Å²) >= 11 is 0. The summed E-state index contributed by atoms with van der Waals surface area (Å²) in [6.07, 6.45) is -4.65. The van der Waals surface area contributed by atoms with E-state index >= 15 is 0 Å². The number of carboxylic acid groups (broad SMARTS) is 1. The maximum Gasteiger partial charge on any atom is 0.344 e. The number of carbonyl (C=O) groups excluding carboxylic acids is 2. The van der Waals surface area contributed by atoms with Gasteiger partial charge >= 0.3 is 17.9 Å². The average molecular weight is 520 g/mol. The zero-order valence-electron chi connectivity index (χ0n) is 20.3. The van der Waals surface area contributed by atoms with Gasteiger partial charge in [-0.2, -0.15) is 0 Å². The molecule has 2 aliphatic carbocycles. The summed E-state index contributed by atoms with van der Waals surface area (Å²) in [7, 11) is 1.94. The molecule has 4 aliphatic rings. The third-order valence-corrected chi connectivity index (χ3v) is 8.27. The Bertz CT molecular complexity index is 1200. The van der Waals surface area contributed by atoms with E-state index in [1.54, 1.807) is 6.07 Å². The predicted octanol–water partition coefficient (Wildman–Crippen LogP) is -1.26. The number of benzene rings is 1. The van der Waals surface area contributed by atoms with Gasteiger partial charge in [0.05, 0.1) is 17.6 Å². The molecule has 2 aliphatic heterocycles. The molecular formula is C25H29NO11. The summed E-state index contributed by atoms with van der Waals surface area (Å²) in [5.41, 5.74) is 0.0291. The van der Waals surface area contributed by atoms with Crippen molar-refractivity contribution in [1.29, 1.82) is 0 Å². The van der Waals surface area contributed by atoms with Gasteiger partial charge in [0, 0.05) is 23.6 Å². The first-order valence-electron chi connectivity index (χ1n) is 12.0. The van der Waals surface area contributed by atoms with E-state index in [1.165, 1.54) is 6.08 Å². The number of nitrogens with zero attached hydrogens (tertiary/aromatic N) is 1. The number of piperidine rings is 1. The van der Waals surface area contributed by atoms with Gasteiger partial charge in [-0.25, -0.2) is 14.4 Å². The maximum absolute atomic E-state index is 12.8. The van der Waals surface area contributed by atoms with Gasteiger partial charge in [0.2, 0.25) is 0 Å². The SMILES string of the molecule is C[C@H](OC(=O)[C@@H](O)[C@H](O)C(=O)OC1=CC[C@@]2(O)[C@H]3Cc4ccc(CO)c5c4C2(CCN3C)C1O5)C(=O)O. The molecule has 0 aromatic heterocycles. The van der Waals surface area contributed by atoms with Crippen LogP contribution in [0.5, 0.6) is 5.75 Å². The van der Waals surface area contributed by atoms with Crippen molar-refractivity contribution in [3.05, 3.63) is 40.7 Å². The Kier molecular flexibility index (Phi) is 6.07. The van der Waals surface area contributed by atoms with Crippen LogP contribution in [0.4, 0.5) is 0 Å². The molecule has 37 heavy (non-hydrogen) atoms. The molecule has 12 heteroatoms. The summed E-state index contributed by atoms with van der Waals surface area (Å²) in [4.78, 5) is 37.7. The van der Waals surface area contributed by atoms with Crippen molar-refractivity contribution in [3.63, 3.8) is 0 Å². The Balaban J connectivity index is 1.46. The Labute approximate surface area is 211 Å². The lowest BCUT2D eigenvalue weighted by Crippen LogP contribution is -2.74. The van der Waals surface area contributed by atoms with Crippen LogP contribution in [0.3, 0.4) is 0 Å². The number of likely N-dealkylation sites (tertiary alicyclic amines) is 1. The number of rotatable bonds is 7. The third-order valence-electron chi connectivity index (χ3n) is 8.27. The lowest BCUT2D eigenvalue weighted by molar-refractivity contribution is -0.182. The smallest absolute Gasteiger partial charge is 0.344 e. The Morgan fingerprint density at radius 2 is 1.92 bits per heavy atom. The Hall–Kier alpha value is -3.03. The number of carboxylic acids is 1. The van der Waals surface area contributed by atoms with Crippen molar-refractivity contribution in [2.24, 2.45) is 0 Å². The highest BCUT2D eigenvalue weighted by Crippen LogP contribution is 2.64. The van der Waals surface area contributed by atoms with Gasteiger partial charge < -0.3 is 44.6 Å². The molecule has 0 saturated carbocycles. The Morgan fingerprint density at radius 3 is 2.59 bits per heavy atom. The first kappa shape index (κ1) is 25.6. The fraction of sp³-hybridized carbons (Fsp3) is 0.560. The number of aliphatic hydroxyl groups is 4. The van der Waals surface area contributed by atoms with Crippen LogP contribution in [0, 0.1) is 0 Å². The minimum atomic E-state index is -2.38. The summed E-state index contributed by atoms with van der Waals surface area (Å²) in [6.45, 7) is 1.38. The highest BCUT2D eigenvalue weighted by molar-refractivity contribution is 5.87. The van der Waals surface area contributed by atoms with Crippen molar-refractivity contribution in [2.45, 2.75) is 74.3 Å². The number of carbonyl (C=O) groups is 3. The molecule has 1 aromatic rings. The summed E-state index contributed by atoms with van der Waals surface area (Å²) < 4.78 is 16.3. The van der Waals surface area contributed by atoms with Crippen molar-refractivity contribution in [2.75, 3.05) is 13.6 Å². The fourth-order valence-electron chi connectivity index (χ4n) is 6.36. The third kappa shape index (κ3) is 3.51. The average Bonchev–Trinajstić information content (AvgIpc) is 3.22. The van der Waals surface area contributed by atoms with Crippen molar-refractivity contribution in [3.8, 4) is 5.75 Å². The molecule has 12 nitrogen and oxygen atoms in total. The van der Waals surface area contributed by atoms with E-state index < -0.39 is 53.3 Å². The van der Waals surface area contributed by atoms with Crippen LogP contribution < -0.4 is 4.74 Å². The second kappa shape index (κ2) is 8.77. The molecule has 200 valence electrons. The lowest BCUT2D eigenvalue weighted by atomic mass is 9.50. The van der Waals surface area contributed by atoms with Crippen LogP contribution >= 0.6 is 0 Å². The predicted molar refractivity (Wildman–Crippen MR) is 122 cm³/mol. The minimum absolute atomic E-state index is 0.00411. The van der Waals surface area contributed by atoms with Crippen molar-refractivity contribution < 1.29 is 54.1 Å². The number of likely N-dealkylation sites (N-methyl/N-ethyl adjacent to an activating group) is 1. The van der Waals surface area contributed by atoms with Crippen LogP contribution in [0.1, 0.15) is 36.5 Å². The molecule has 2 bridgehead atoms. The van der Waals surface area contributed by atoms with Crippen LogP contribution in [-0.4, -0.2) is 98.0 Å². The van der Waals surface area contributed by atoms with Crippen LogP contribution in [0.2, 0.25) is 0 Å². The summed E-state index contributed by atoms with van der Waals surface area (Å²) in [6, 6.07) is 3.44. The van der Waals surface area contributed by atoms with Gasteiger partial charge in [-0.3, -0.25) is 0 Å². The van der Waals surface area contributed by atoms with Gasteiger partial charge in [0.25, 0.3) is 0 Å². The van der Waals surface area contributed by atoms with Gasteiger partial charge in [0.15, 0.2) is 24.4 Å². The van der Waals surface area contributed by atoms with Crippen molar-refractivity contribution >= 4 is 17.9 Å². The number of hydrogen-bond acceptors (Lipinski definition) is 11. The molecule has 2 unspecified atom stereocenters.